The van der Waals surface area contributed by atoms with Gasteiger partial charge in [0.05, 0.1) is 51.0 Å². The molecule has 754 valence electrons. The first-order valence-corrected chi connectivity index (χ1v) is 53.0. The van der Waals surface area contributed by atoms with Gasteiger partial charge >= 0.3 is 0 Å². The van der Waals surface area contributed by atoms with Crippen molar-refractivity contribution in [3.05, 3.63) is 307 Å². The van der Waals surface area contributed by atoms with Crippen molar-refractivity contribution < 1.29 is 9.13 Å². The van der Waals surface area contributed by atoms with Gasteiger partial charge in [-0.05, 0) is 316 Å². The Morgan fingerprint density at radius 2 is 0.714 bits per heavy atom. The summed E-state index contributed by atoms with van der Waals surface area (Å²) >= 11 is 26.4. The molecule has 4 aliphatic carbocycles. The number of morpholine rings is 1. The quantitative estimate of drug-likeness (QED) is 0.0327. The van der Waals surface area contributed by atoms with Gasteiger partial charge in [0, 0.05) is 186 Å². The maximum absolute atomic E-state index is 14.9. The number of hydrogen-bond donors (Lipinski definition) is 6. The molecule has 4 aliphatic heterocycles. The van der Waals surface area contributed by atoms with Crippen LogP contribution >= 0.6 is 46.4 Å². The number of aryl methyl sites for hydroxylation is 4. The largest absolute Gasteiger partial charge is 0.371 e. The molecular formula is C114H118Cl4FN23O5. The van der Waals surface area contributed by atoms with Gasteiger partial charge in [-0.3, -0.25) is 47.4 Å². The zero-order valence-electron chi connectivity index (χ0n) is 83.2. The number of nitrogens with zero attached hydrogens (tertiary/aromatic N) is 17. The molecule has 14 heterocycles. The topological polar surface area (TPSA) is 308 Å². The first kappa shape index (κ1) is 99.6. The zero-order chi connectivity index (χ0) is 101. The summed E-state index contributed by atoms with van der Waals surface area (Å²) in [5.74, 6) is 4.81. The van der Waals surface area contributed by atoms with Crippen LogP contribution in [0.3, 0.4) is 0 Å². The Labute approximate surface area is 871 Å². The summed E-state index contributed by atoms with van der Waals surface area (Å²) in [6.45, 7) is 19.8. The minimum atomic E-state index is -0.306. The van der Waals surface area contributed by atoms with Gasteiger partial charge < -0.3 is 51.3 Å². The molecule has 8 aliphatic rings. The standard InChI is InChI=1S/C30H32ClN5O.C29H30ClN5O2.C28H29ClN6O.C27H27ClFN7O/c1-3-36-28-23(16-26(29(36)37)25-11-8-22(17-27(25)31)20-4-5-20)18-32-30(34-28)33-24-9-6-19(7-10-24)21-12-14-35(2)15-13-21;1-3-35-27-21(14-24(28(35)36)23-11-8-20(15-25(23)30)18-4-5-18)16-31-29(33-27)32-22-9-6-19(7-10-22)26-17-34(2)12-13-37-26;1-2-35-26-21(12-23(27(35)36)25-24(29)13-20(15-31-25)18-5-6-18)16-32-28(34-26)33-22-9-7-17(8-10-22)19-4-3-11-30-14-19;1-2-36-25-18(11-20(26(36)37)24-21(28)12-17(14-31-24)16-3-4-16)15-32-27(34-25)33-19-5-6-23(22(29)13-19)35-9-7-30-8-10-35/h6-11,16-18,20-21H,3-5,12-15H2,1-2H3,(H,32,33,34);6-11,14-16,18,26H,3-5,12-13,17H2,1-2H3,(H,31,32,33);7-10,12-13,15-16,18-19,30H,2-6,11,14H2,1H3,(H,32,33,34);5-6,11-16,30H,2-4,7-10H2,1H3,(H,32,33,34). The van der Waals surface area contributed by atoms with Crippen LogP contribution in [0.4, 0.5) is 56.6 Å². The molecule has 0 spiro atoms. The molecule has 4 saturated carbocycles. The van der Waals surface area contributed by atoms with Crippen LogP contribution in [-0.4, -0.2) is 164 Å². The molecule has 6 aromatic carbocycles. The fourth-order valence-corrected chi connectivity index (χ4v) is 21.5. The first-order chi connectivity index (χ1) is 71.6. The van der Waals surface area contributed by atoms with Crippen LogP contribution in [0, 0.1) is 5.82 Å². The smallest absolute Gasteiger partial charge is 0.261 e. The Bertz CT molecular complexity index is 7870. The van der Waals surface area contributed by atoms with Crippen molar-refractivity contribution >= 4 is 143 Å². The average molecular weight is 2050 g/mol. The van der Waals surface area contributed by atoms with Crippen LogP contribution in [0.1, 0.15) is 185 Å². The molecule has 33 heteroatoms. The van der Waals surface area contributed by atoms with Gasteiger partial charge in [0.2, 0.25) is 23.8 Å². The van der Waals surface area contributed by atoms with Crippen LogP contribution in [0.5, 0.6) is 0 Å². The molecule has 16 aromatic rings. The van der Waals surface area contributed by atoms with Gasteiger partial charge in [-0.25, -0.2) is 24.3 Å². The Balaban J connectivity index is 0.000000115. The normalized spacial score (nSPS) is 17.2. The van der Waals surface area contributed by atoms with Crippen LogP contribution < -0.4 is 59.0 Å². The summed E-state index contributed by atoms with van der Waals surface area (Å²) in [7, 11) is 4.30. The molecule has 2 atom stereocenters. The summed E-state index contributed by atoms with van der Waals surface area (Å²) in [4.78, 5) is 106. The monoisotopic (exact) mass is 2050 g/mol. The maximum atomic E-state index is 14.9. The predicted molar refractivity (Wildman–Crippen MR) is 588 cm³/mol. The van der Waals surface area contributed by atoms with Crippen molar-refractivity contribution in [2.24, 2.45) is 0 Å². The lowest BCUT2D eigenvalue weighted by molar-refractivity contribution is -0.0208. The Kier molecular flexibility index (Phi) is 29.8. The number of rotatable bonds is 24. The van der Waals surface area contributed by atoms with Crippen molar-refractivity contribution in [2.45, 2.75) is 173 Å². The van der Waals surface area contributed by atoms with Crippen molar-refractivity contribution in [1.29, 1.82) is 0 Å². The predicted octanol–water partition coefficient (Wildman–Crippen LogP) is 22.6. The van der Waals surface area contributed by atoms with E-state index in [9.17, 15) is 23.6 Å². The Morgan fingerprint density at radius 3 is 1.10 bits per heavy atom. The van der Waals surface area contributed by atoms with E-state index in [-0.39, 0.29) is 40.1 Å². The lowest BCUT2D eigenvalue weighted by atomic mass is 9.89. The minimum Gasteiger partial charge on any atom is -0.371 e. The Hall–Kier alpha value is -13.3. The number of likely N-dealkylation sites (tertiary alicyclic amines) is 1. The van der Waals surface area contributed by atoms with E-state index in [1.54, 1.807) is 61.3 Å². The maximum Gasteiger partial charge on any atom is 0.261 e. The van der Waals surface area contributed by atoms with Gasteiger partial charge in [0.25, 0.3) is 22.2 Å². The molecule has 6 N–H and O–H groups in total. The number of halogens is 5. The number of pyridine rings is 6. The number of aromatic nitrogens is 14. The third-order valence-corrected chi connectivity index (χ3v) is 30.5. The summed E-state index contributed by atoms with van der Waals surface area (Å²) in [6.07, 6.45) is 25.0. The molecular weight excluding hydrogens is 1930 g/mol. The van der Waals surface area contributed by atoms with E-state index in [2.05, 4.69) is 163 Å². The van der Waals surface area contributed by atoms with Gasteiger partial charge in [-0.1, -0.05) is 107 Å². The molecule has 147 heavy (non-hydrogen) atoms. The van der Waals surface area contributed by atoms with E-state index in [0.29, 0.717) is 173 Å². The van der Waals surface area contributed by atoms with E-state index in [1.165, 1.54) is 92.5 Å². The van der Waals surface area contributed by atoms with Crippen LogP contribution in [0.25, 0.3) is 88.9 Å². The van der Waals surface area contributed by atoms with Crippen LogP contribution in [-0.2, 0) is 30.9 Å². The third-order valence-electron chi connectivity index (χ3n) is 29.3. The number of piperazine rings is 1. The first-order valence-electron chi connectivity index (χ1n) is 51.5. The highest BCUT2D eigenvalue weighted by Crippen LogP contribution is 2.47. The van der Waals surface area contributed by atoms with E-state index in [4.69, 9.17) is 66.1 Å². The number of fused-ring (bicyclic) bond motifs is 4. The van der Waals surface area contributed by atoms with Crippen molar-refractivity contribution in [3.63, 3.8) is 0 Å². The molecule has 2 unspecified atom stereocenters. The SMILES string of the molecule is CCn1c(=O)c(-c2ccc(C3CC3)cc2Cl)cc2cnc(Nc3ccc(C4CCN(C)CC4)cc3)nc21.CCn1c(=O)c(-c2ccc(C3CC3)cc2Cl)cc2cnc(Nc3ccc(C4CN(C)CCO4)cc3)nc21.CCn1c(=O)c(-c2ncc(C3CC3)cc2Cl)cc2cnc(Nc3ccc(C4CCCNC4)cc3)nc21.CCn1c(=O)c(-c2ncc(C3CC3)cc2Cl)cc2cnc(Nc3ccc(N4CCNCC4)c(F)c3)nc21. The number of anilines is 9. The fourth-order valence-electron chi connectivity index (χ4n) is 20.4. The highest BCUT2D eigenvalue weighted by atomic mass is 35.5. The van der Waals surface area contributed by atoms with E-state index >= 15 is 0 Å². The van der Waals surface area contributed by atoms with Crippen molar-refractivity contribution in [3.8, 4) is 44.8 Å². The second-order valence-electron chi connectivity index (χ2n) is 39.6. The van der Waals surface area contributed by atoms with E-state index in [1.807, 2.05) is 112 Å². The number of piperidine rings is 2. The van der Waals surface area contributed by atoms with Crippen LogP contribution in [0.2, 0.25) is 20.1 Å². The number of likely N-dealkylation sites (N-methyl/N-ethyl adjacent to an activating group) is 1. The molecule has 4 saturated heterocycles. The third kappa shape index (κ3) is 22.4. The second kappa shape index (κ2) is 44.0. The summed E-state index contributed by atoms with van der Waals surface area (Å²) in [5.41, 5.74) is 18.6. The molecule has 0 radical (unpaired) electrons. The van der Waals surface area contributed by atoms with Crippen LogP contribution in [0.15, 0.2) is 220 Å². The van der Waals surface area contributed by atoms with Gasteiger partial charge in [0.1, 0.15) is 28.4 Å². The fraction of sp³-hybridized carbons (Fsp3) is 0.351. The number of hydrogen-bond acceptors (Lipinski definition) is 24. The summed E-state index contributed by atoms with van der Waals surface area (Å²) < 4.78 is 27.4. The summed E-state index contributed by atoms with van der Waals surface area (Å²) in [5, 5.41) is 24.9. The molecule has 8 fully saturated rings. The van der Waals surface area contributed by atoms with Crippen molar-refractivity contribution in [1.82, 2.24) is 88.5 Å². The molecule has 10 aromatic heterocycles. The molecule has 0 amide bonds. The highest BCUT2D eigenvalue weighted by Gasteiger charge is 2.32. The van der Waals surface area contributed by atoms with E-state index < -0.39 is 0 Å². The van der Waals surface area contributed by atoms with Gasteiger partial charge in [-0.15, -0.1) is 0 Å². The highest BCUT2D eigenvalue weighted by molar-refractivity contribution is 6.34. The van der Waals surface area contributed by atoms with Crippen molar-refractivity contribution in [2.75, 3.05) is 112 Å². The molecule has 28 nitrogen and oxygen atoms in total. The zero-order valence-corrected chi connectivity index (χ0v) is 86.2. The lowest BCUT2D eigenvalue weighted by Gasteiger charge is -2.30. The minimum absolute atomic E-state index is 0.0799. The van der Waals surface area contributed by atoms with E-state index in [0.717, 1.165) is 146 Å². The number of ether oxygens (including phenoxy) is 1. The molecule has 24 rings (SSSR count). The second-order valence-corrected chi connectivity index (χ2v) is 41.2. The Morgan fingerprint density at radius 1 is 0.347 bits per heavy atom. The lowest BCUT2D eigenvalue weighted by Crippen LogP contribution is -2.43. The molecule has 0 bridgehead atoms. The summed E-state index contributed by atoms with van der Waals surface area (Å²) in [6, 6.07) is 53.5. The number of benzene rings is 6. The number of nitrogens with one attached hydrogen (secondary N) is 6. The van der Waals surface area contributed by atoms with Gasteiger partial charge in [-0.2, -0.15) is 19.9 Å². The average Bonchev–Trinajstić information content (AvgIpc) is 1.54. The van der Waals surface area contributed by atoms with Gasteiger partial charge in [0.15, 0.2) is 0 Å².